The molecule has 0 saturated heterocycles. The quantitative estimate of drug-likeness (QED) is 0.712. The van der Waals surface area contributed by atoms with Crippen molar-refractivity contribution in [3.63, 3.8) is 0 Å². The summed E-state index contributed by atoms with van der Waals surface area (Å²) in [5.74, 6) is 1.68. The molecule has 0 heterocycles. The molecule has 0 bridgehead atoms. The first-order valence-electron chi connectivity index (χ1n) is 6.15. The minimum atomic E-state index is 0.583. The molecule has 20 heavy (non-hydrogen) atoms. The predicted molar refractivity (Wildman–Crippen MR) is 88.8 cm³/mol. The molecule has 0 spiro atoms. The van der Waals surface area contributed by atoms with Gasteiger partial charge in [-0.15, -0.1) is 0 Å². The summed E-state index contributed by atoms with van der Waals surface area (Å²) in [7, 11) is 1.66. The van der Waals surface area contributed by atoms with E-state index in [1.165, 1.54) is 0 Å². The fourth-order valence-electron chi connectivity index (χ4n) is 1.68. The number of ether oxygens (including phenoxy) is 2. The average Bonchev–Trinajstić information content (AvgIpc) is 2.45. The topological polar surface area (TPSA) is 30.5 Å². The zero-order valence-corrected chi connectivity index (χ0v) is 14.2. The standard InChI is InChI=1S/C15H15Br2NO2/c1-19-12-5-6-14(17)15(10-12)18-7-8-20-13-4-2-3-11(16)9-13/h2-6,9-10,18H,7-8H2,1H3. The SMILES string of the molecule is COc1ccc(Br)c(NCCOc2cccc(Br)c2)c1. The maximum absolute atomic E-state index is 5.67. The monoisotopic (exact) mass is 399 g/mol. The Bertz CT molecular complexity index is 576. The summed E-state index contributed by atoms with van der Waals surface area (Å²) in [6.45, 7) is 1.29. The molecule has 0 aliphatic carbocycles. The molecule has 0 fully saturated rings. The average molecular weight is 401 g/mol. The van der Waals surface area contributed by atoms with E-state index in [1.807, 2.05) is 42.5 Å². The van der Waals surface area contributed by atoms with Gasteiger partial charge in [0.05, 0.1) is 12.8 Å². The van der Waals surface area contributed by atoms with Gasteiger partial charge in [-0.05, 0) is 46.3 Å². The Labute approximate surface area is 135 Å². The molecular weight excluding hydrogens is 386 g/mol. The Morgan fingerprint density at radius 2 is 1.90 bits per heavy atom. The highest BCUT2D eigenvalue weighted by atomic mass is 79.9. The Hall–Kier alpha value is -1.20. The van der Waals surface area contributed by atoms with Gasteiger partial charge < -0.3 is 14.8 Å². The molecule has 0 amide bonds. The smallest absolute Gasteiger partial charge is 0.121 e. The molecule has 0 saturated carbocycles. The van der Waals surface area contributed by atoms with Gasteiger partial charge in [-0.2, -0.15) is 0 Å². The Morgan fingerprint density at radius 1 is 1.05 bits per heavy atom. The second-order valence-corrected chi connectivity index (χ2v) is 5.85. The number of benzene rings is 2. The molecule has 0 radical (unpaired) electrons. The Kier molecular flexibility index (Phi) is 5.73. The van der Waals surface area contributed by atoms with Gasteiger partial charge in [-0.1, -0.05) is 22.0 Å². The summed E-state index contributed by atoms with van der Waals surface area (Å²) >= 11 is 6.92. The van der Waals surface area contributed by atoms with Crippen LogP contribution in [0, 0.1) is 0 Å². The molecule has 2 aromatic carbocycles. The van der Waals surface area contributed by atoms with Crippen LogP contribution in [0.25, 0.3) is 0 Å². The molecule has 0 atom stereocenters. The summed E-state index contributed by atoms with van der Waals surface area (Å²) in [5.41, 5.74) is 0.988. The predicted octanol–water partition coefficient (Wildman–Crippen LogP) is 4.71. The third-order valence-electron chi connectivity index (χ3n) is 2.66. The van der Waals surface area contributed by atoms with Gasteiger partial charge in [-0.25, -0.2) is 0 Å². The van der Waals surface area contributed by atoms with Crippen molar-refractivity contribution in [1.29, 1.82) is 0 Å². The first-order valence-corrected chi connectivity index (χ1v) is 7.73. The minimum Gasteiger partial charge on any atom is -0.497 e. The molecule has 0 unspecified atom stereocenters. The van der Waals surface area contributed by atoms with Crippen molar-refractivity contribution in [3.05, 3.63) is 51.4 Å². The highest BCUT2D eigenvalue weighted by Gasteiger charge is 2.01. The van der Waals surface area contributed by atoms with Crippen molar-refractivity contribution in [2.24, 2.45) is 0 Å². The van der Waals surface area contributed by atoms with Crippen molar-refractivity contribution in [2.45, 2.75) is 0 Å². The summed E-state index contributed by atoms with van der Waals surface area (Å²) < 4.78 is 12.9. The molecule has 3 nitrogen and oxygen atoms in total. The van der Waals surface area contributed by atoms with Crippen LogP contribution in [0.3, 0.4) is 0 Å². The highest BCUT2D eigenvalue weighted by molar-refractivity contribution is 9.10. The maximum atomic E-state index is 5.67. The van der Waals surface area contributed by atoms with Crippen molar-refractivity contribution in [2.75, 3.05) is 25.6 Å². The van der Waals surface area contributed by atoms with E-state index in [4.69, 9.17) is 9.47 Å². The van der Waals surface area contributed by atoms with Crippen LogP contribution in [0.2, 0.25) is 0 Å². The third kappa shape index (κ3) is 4.42. The molecule has 0 aromatic heterocycles. The Morgan fingerprint density at radius 3 is 2.65 bits per heavy atom. The van der Waals surface area contributed by atoms with Gasteiger partial charge >= 0.3 is 0 Å². The van der Waals surface area contributed by atoms with Crippen molar-refractivity contribution in [3.8, 4) is 11.5 Å². The van der Waals surface area contributed by atoms with E-state index in [-0.39, 0.29) is 0 Å². The van der Waals surface area contributed by atoms with Crippen molar-refractivity contribution in [1.82, 2.24) is 0 Å². The molecule has 0 aliphatic rings. The zero-order valence-electron chi connectivity index (χ0n) is 11.0. The van der Waals surface area contributed by atoms with Crippen LogP contribution in [0.5, 0.6) is 11.5 Å². The first-order chi connectivity index (χ1) is 9.69. The lowest BCUT2D eigenvalue weighted by Crippen LogP contribution is -2.11. The van der Waals surface area contributed by atoms with Crippen LogP contribution >= 0.6 is 31.9 Å². The summed E-state index contributed by atoms with van der Waals surface area (Å²) in [6, 6.07) is 13.6. The number of hydrogen-bond donors (Lipinski definition) is 1. The van der Waals surface area contributed by atoms with Gasteiger partial charge in [0.2, 0.25) is 0 Å². The second-order valence-electron chi connectivity index (χ2n) is 4.08. The fraction of sp³-hybridized carbons (Fsp3) is 0.200. The van der Waals surface area contributed by atoms with Gasteiger partial charge in [-0.3, -0.25) is 0 Å². The van der Waals surface area contributed by atoms with Gasteiger partial charge in [0.1, 0.15) is 18.1 Å². The lowest BCUT2D eigenvalue weighted by Gasteiger charge is -2.11. The largest absolute Gasteiger partial charge is 0.497 e. The summed E-state index contributed by atoms with van der Waals surface area (Å²) in [6.07, 6.45) is 0. The Balaban J connectivity index is 1.84. The van der Waals surface area contributed by atoms with Crippen LogP contribution in [0.4, 0.5) is 5.69 Å². The lowest BCUT2D eigenvalue weighted by molar-refractivity contribution is 0.332. The first kappa shape index (κ1) is 15.2. The van der Waals surface area contributed by atoms with Crippen LogP contribution in [-0.4, -0.2) is 20.3 Å². The van der Waals surface area contributed by atoms with Crippen LogP contribution in [-0.2, 0) is 0 Å². The van der Waals surface area contributed by atoms with E-state index in [0.29, 0.717) is 13.2 Å². The molecule has 5 heteroatoms. The van der Waals surface area contributed by atoms with Crippen LogP contribution in [0.15, 0.2) is 51.4 Å². The van der Waals surface area contributed by atoms with Gasteiger partial charge in [0, 0.05) is 21.6 Å². The third-order valence-corrected chi connectivity index (χ3v) is 3.84. The number of methoxy groups -OCH3 is 1. The van der Waals surface area contributed by atoms with Gasteiger partial charge in [0.15, 0.2) is 0 Å². The molecular formula is C15H15Br2NO2. The highest BCUT2D eigenvalue weighted by Crippen LogP contribution is 2.26. The lowest BCUT2D eigenvalue weighted by atomic mass is 10.3. The molecule has 2 aromatic rings. The van der Waals surface area contributed by atoms with Crippen LogP contribution in [0.1, 0.15) is 0 Å². The molecule has 0 aliphatic heterocycles. The van der Waals surface area contributed by atoms with Crippen LogP contribution < -0.4 is 14.8 Å². The summed E-state index contributed by atoms with van der Waals surface area (Å²) in [4.78, 5) is 0. The number of hydrogen-bond acceptors (Lipinski definition) is 3. The fourth-order valence-corrected chi connectivity index (χ4v) is 2.44. The molecule has 1 N–H and O–H groups in total. The molecule has 2 rings (SSSR count). The van der Waals surface area contributed by atoms with E-state index >= 15 is 0 Å². The van der Waals surface area contributed by atoms with Crippen molar-refractivity contribution >= 4 is 37.5 Å². The van der Waals surface area contributed by atoms with Crippen molar-refractivity contribution < 1.29 is 9.47 Å². The summed E-state index contributed by atoms with van der Waals surface area (Å²) in [5, 5.41) is 3.31. The number of rotatable bonds is 6. The van der Waals surface area contributed by atoms with E-state index in [1.54, 1.807) is 7.11 Å². The maximum Gasteiger partial charge on any atom is 0.121 e. The van der Waals surface area contributed by atoms with E-state index in [2.05, 4.69) is 37.2 Å². The minimum absolute atomic E-state index is 0.583. The number of nitrogens with one attached hydrogen (secondary N) is 1. The molecule has 106 valence electrons. The van der Waals surface area contributed by atoms with E-state index in [9.17, 15) is 0 Å². The van der Waals surface area contributed by atoms with Gasteiger partial charge in [0.25, 0.3) is 0 Å². The number of anilines is 1. The second kappa shape index (κ2) is 7.55. The number of halogens is 2. The van der Waals surface area contributed by atoms with E-state index < -0.39 is 0 Å². The zero-order chi connectivity index (χ0) is 14.4. The normalized spacial score (nSPS) is 10.2. The van der Waals surface area contributed by atoms with E-state index in [0.717, 1.165) is 26.1 Å².